The highest BCUT2D eigenvalue weighted by atomic mass is 35.5. The minimum Gasteiger partial charge on any atom is -0.481 e. The minimum absolute atomic E-state index is 0.0785. The van der Waals surface area contributed by atoms with Crippen LogP contribution in [0.15, 0.2) is 54.6 Å². The number of carbonyl (C=O) groups excluding carboxylic acids is 2. The lowest BCUT2D eigenvalue weighted by atomic mass is 9.93. The van der Waals surface area contributed by atoms with Gasteiger partial charge in [-0.05, 0) is 47.5 Å². The SMILES string of the molecule is C[C@H](CC(=O)O)N(CC(CC=O)c1ccc(Cl)c(Cl)c1)C(=O)c1cc(C#N)cc2ccccc12. The van der Waals surface area contributed by atoms with E-state index in [0.29, 0.717) is 32.1 Å². The molecule has 0 aliphatic rings. The molecule has 0 bridgehead atoms. The number of nitrogens with zero attached hydrogens (tertiary/aromatic N) is 2. The zero-order chi connectivity index (χ0) is 24.8. The summed E-state index contributed by atoms with van der Waals surface area (Å²) in [6.07, 6.45) is 0.570. The number of amides is 1. The van der Waals surface area contributed by atoms with E-state index in [1.54, 1.807) is 43.3 Å². The van der Waals surface area contributed by atoms with Crippen molar-refractivity contribution in [3.05, 3.63) is 81.3 Å². The summed E-state index contributed by atoms with van der Waals surface area (Å²) >= 11 is 12.2. The zero-order valence-corrected chi connectivity index (χ0v) is 19.9. The van der Waals surface area contributed by atoms with E-state index in [1.807, 2.05) is 12.1 Å². The van der Waals surface area contributed by atoms with Crippen LogP contribution in [0.2, 0.25) is 10.0 Å². The lowest BCUT2D eigenvalue weighted by Crippen LogP contribution is -2.42. The lowest BCUT2D eigenvalue weighted by Gasteiger charge is -2.32. The predicted octanol–water partition coefficient (Wildman–Crippen LogP) is 5.70. The van der Waals surface area contributed by atoms with Crippen LogP contribution in [-0.2, 0) is 9.59 Å². The summed E-state index contributed by atoms with van der Waals surface area (Å²) in [5.41, 5.74) is 1.32. The molecule has 8 heteroatoms. The van der Waals surface area contributed by atoms with Crippen LogP contribution >= 0.6 is 23.2 Å². The van der Waals surface area contributed by atoms with Crippen molar-refractivity contribution in [2.24, 2.45) is 0 Å². The Hall–Kier alpha value is -3.40. The number of aliphatic carboxylic acids is 1. The second-order valence-corrected chi connectivity index (χ2v) is 8.85. The first-order valence-corrected chi connectivity index (χ1v) is 11.3. The van der Waals surface area contributed by atoms with Gasteiger partial charge < -0.3 is 14.8 Å². The molecule has 0 radical (unpaired) electrons. The van der Waals surface area contributed by atoms with Gasteiger partial charge in [0, 0.05) is 30.5 Å². The molecule has 0 fully saturated rings. The van der Waals surface area contributed by atoms with Crippen molar-refractivity contribution < 1.29 is 19.5 Å². The van der Waals surface area contributed by atoms with E-state index >= 15 is 0 Å². The van der Waals surface area contributed by atoms with Crippen LogP contribution < -0.4 is 0 Å². The van der Waals surface area contributed by atoms with Gasteiger partial charge in [0.2, 0.25) is 0 Å². The molecule has 2 atom stereocenters. The van der Waals surface area contributed by atoms with Gasteiger partial charge in [-0.25, -0.2) is 0 Å². The van der Waals surface area contributed by atoms with Crippen molar-refractivity contribution >= 4 is 52.1 Å². The van der Waals surface area contributed by atoms with Gasteiger partial charge in [0.1, 0.15) is 6.29 Å². The molecule has 34 heavy (non-hydrogen) atoms. The monoisotopic (exact) mass is 496 g/mol. The molecule has 3 aromatic rings. The molecule has 6 nitrogen and oxygen atoms in total. The van der Waals surface area contributed by atoms with Crippen LogP contribution in [0.1, 0.15) is 47.2 Å². The van der Waals surface area contributed by atoms with Crippen molar-refractivity contribution in [1.29, 1.82) is 5.26 Å². The van der Waals surface area contributed by atoms with Gasteiger partial charge in [-0.15, -0.1) is 0 Å². The summed E-state index contributed by atoms with van der Waals surface area (Å²) in [6, 6.07) is 16.8. The number of nitriles is 1. The number of hydrogen-bond acceptors (Lipinski definition) is 4. The lowest BCUT2D eigenvalue weighted by molar-refractivity contribution is -0.138. The third kappa shape index (κ3) is 5.74. The van der Waals surface area contributed by atoms with E-state index < -0.39 is 23.8 Å². The number of aldehydes is 1. The Morgan fingerprint density at radius 1 is 1.12 bits per heavy atom. The number of carboxylic acid groups (broad SMARTS) is 1. The van der Waals surface area contributed by atoms with Gasteiger partial charge in [-0.2, -0.15) is 5.26 Å². The van der Waals surface area contributed by atoms with Gasteiger partial charge in [0.25, 0.3) is 5.91 Å². The fraction of sp³-hybridized carbons (Fsp3) is 0.231. The van der Waals surface area contributed by atoms with Crippen LogP contribution in [0, 0.1) is 11.3 Å². The van der Waals surface area contributed by atoms with E-state index in [4.69, 9.17) is 23.2 Å². The quantitative estimate of drug-likeness (QED) is 0.383. The summed E-state index contributed by atoms with van der Waals surface area (Å²) in [5.74, 6) is -1.90. The van der Waals surface area contributed by atoms with E-state index in [9.17, 15) is 24.8 Å². The van der Waals surface area contributed by atoms with E-state index in [2.05, 4.69) is 6.07 Å². The first-order chi connectivity index (χ1) is 16.2. The molecule has 1 unspecified atom stereocenters. The fourth-order valence-electron chi connectivity index (χ4n) is 3.97. The molecule has 0 spiro atoms. The Bertz CT molecular complexity index is 1290. The number of hydrogen-bond donors (Lipinski definition) is 1. The molecule has 3 aromatic carbocycles. The highest BCUT2D eigenvalue weighted by Gasteiger charge is 2.28. The highest BCUT2D eigenvalue weighted by molar-refractivity contribution is 6.42. The summed E-state index contributed by atoms with van der Waals surface area (Å²) in [6.45, 7) is 1.73. The van der Waals surface area contributed by atoms with Crippen molar-refractivity contribution in [3.8, 4) is 6.07 Å². The fourth-order valence-corrected chi connectivity index (χ4v) is 4.28. The van der Waals surface area contributed by atoms with Crippen LogP contribution in [0.25, 0.3) is 10.8 Å². The third-order valence-corrected chi connectivity index (χ3v) is 6.44. The van der Waals surface area contributed by atoms with Gasteiger partial charge in [0.15, 0.2) is 0 Å². The molecule has 0 aliphatic heterocycles. The van der Waals surface area contributed by atoms with Gasteiger partial charge >= 0.3 is 5.97 Å². The number of carbonyl (C=O) groups is 3. The normalized spacial score (nSPS) is 12.5. The zero-order valence-electron chi connectivity index (χ0n) is 18.4. The molecule has 0 saturated heterocycles. The summed E-state index contributed by atoms with van der Waals surface area (Å²) < 4.78 is 0. The molecule has 0 aliphatic carbocycles. The molecule has 0 saturated carbocycles. The molecule has 0 aromatic heterocycles. The van der Waals surface area contributed by atoms with Gasteiger partial charge in [0.05, 0.1) is 28.1 Å². The Balaban J connectivity index is 2.08. The van der Waals surface area contributed by atoms with Crippen molar-refractivity contribution in [3.63, 3.8) is 0 Å². The number of benzene rings is 3. The van der Waals surface area contributed by atoms with Crippen LogP contribution in [0.4, 0.5) is 0 Å². The Kier molecular flexibility index (Phi) is 8.27. The molecule has 0 heterocycles. The maximum Gasteiger partial charge on any atom is 0.305 e. The molecular weight excluding hydrogens is 475 g/mol. The summed E-state index contributed by atoms with van der Waals surface area (Å²) in [4.78, 5) is 38.2. The molecule has 3 rings (SSSR count). The smallest absolute Gasteiger partial charge is 0.305 e. The minimum atomic E-state index is -1.05. The number of carboxylic acids is 1. The largest absolute Gasteiger partial charge is 0.481 e. The molecular formula is C26H22Cl2N2O4. The van der Waals surface area contributed by atoms with Crippen molar-refractivity contribution in [2.75, 3.05) is 6.54 Å². The van der Waals surface area contributed by atoms with Crippen LogP contribution in [0.5, 0.6) is 0 Å². The molecule has 174 valence electrons. The van der Waals surface area contributed by atoms with Crippen LogP contribution in [0.3, 0.4) is 0 Å². The Morgan fingerprint density at radius 2 is 1.85 bits per heavy atom. The number of fused-ring (bicyclic) bond motifs is 1. The average molecular weight is 497 g/mol. The first kappa shape index (κ1) is 25.2. The number of halogens is 2. The van der Waals surface area contributed by atoms with Gasteiger partial charge in [-0.3, -0.25) is 9.59 Å². The van der Waals surface area contributed by atoms with Crippen molar-refractivity contribution in [1.82, 2.24) is 4.90 Å². The summed E-state index contributed by atoms with van der Waals surface area (Å²) in [7, 11) is 0. The van der Waals surface area contributed by atoms with Gasteiger partial charge in [-0.1, -0.05) is 53.5 Å². The van der Waals surface area contributed by atoms with E-state index in [-0.39, 0.29) is 19.4 Å². The average Bonchev–Trinajstić information content (AvgIpc) is 2.81. The predicted molar refractivity (Wildman–Crippen MR) is 131 cm³/mol. The topological polar surface area (TPSA) is 98.5 Å². The highest BCUT2D eigenvalue weighted by Crippen LogP contribution is 2.30. The second kappa shape index (κ2) is 11.1. The Labute approximate surface area is 207 Å². The molecule has 1 amide bonds. The van der Waals surface area contributed by atoms with E-state index in [0.717, 1.165) is 11.7 Å². The standard InChI is InChI=1S/C26H22Cl2N2O4/c1-16(10-25(32)33)30(15-20(8-9-31)18-6-7-23(27)24(28)13-18)26(34)22-12-17(14-29)11-19-4-2-3-5-21(19)22/h2-7,9,11-13,16,20H,8,10,15H2,1H3,(H,32,33)/t16-,20?/m1/s1. The molecule has 1 N–H and O–H groups in total. The number of rotatable bonds is 9. The second-order valence-electron chi connectivity index (χ2n) is 8.03. The van der Waals surface area contributed by atoms with Crippen molar-refractivity contribution in [2.45, 2.75) is 31.7 Å². The Morgan fingerprint density at radius 3 is 2.50 bits per heavy atom. The van der Waals surface area contributed by atoms with E-state index in [1.165, 1.54) is 11.0 Å². The first-order valence-electron chi connectivity index (χ1n) is 10.6. The maximum absolute atomic E-state index is 13.8. The third-order valence-electron chi connectivity index (χ3n) is 5.70. The summed E-state index contributed by atoms with van der Waals surface area (Å²) in [5, 5.41) is 20.9. The maximum atomic E-state index is 13.8. The van der Waals surface area contributed by atoms with Crippen LogP contribution in [-0.4, -0.2) is 40.8 Å².